The lowest BCUT2D eigenvalue weighted by atomic mass is 9.97. The molecule has 1 amide bonds. The van der Waals surface area contributed by atoms with E-state index in [4.69, 9.17) is 0 Å². The highest BCUT2D eigenvalue weighted by atomic mass is 16.2. The van der Waals surface area contributed by atoms with E-state index in [1.54, 1.807) is 18.5 Å². The number of carbonyl (C=O) groups is 1. The van der Waals surface area contributed by atoms with Crippen LogP contribution >= 0.6 is 0 Å². The molecule has 0 aliphatic carbocycles. The summed E-state index contributed by atoms with van der Waals surface area (Å²) in [6, 6.07) is 7.40. The fourth-order valence-corrected chi connectivity index (χ4v) is 2.67. The van der Waals surface area contributed by atoms with Gasteiger partial charge < -0.3 is 10.2 Å². The predicted molar refractivity (Wildman–Crippen MR) is 84.6 cm³/mol. The molecular formula is C16H19N5O. The molecule has 0 bridgehead atoms. The molecular weight excluding hydrogens is 278 g/mol. The molecule has 1 aliphatic heterocycles. The normalized spacial score (nSPS) is 18.0. The van der Waals surface area contributed by atoms with Crippen LogP contribution in [0, 0.1) is 12.8 Å². The molecule has 1 saturated heterocycles. The Kier molecular flexibility index (Phi) is 4.27. The average Bonchev–Trinajstić information content (AvgIpc) is 2.56. The summed E-state index contributed by atoms with van der Waals surface area (Å²) in [5.41, 5.74) is 0.890. The van der Waals surface area contributed by atoms with Crippen molar-refractivity contribution in [1.82, 2.24) is 15.0 Å². The van der Waals surface area contributed by atoms with Gasteiger partial charge in [0, 0.05) is 31.2 Å². The van der Waals surface area contributed by atoms with Crippen molar-refractivity contribution in [3.05, 3.63) is 42.4 Å². The zero-order valence-corrected chi connectivity index (χ0v) is 12.6. The van der Waals surface area contributed by atoms with Gasteiger partial charge in [-0.2, -0.15) is 0 Å². The smallest absolute Gasteiger partial charge is 0.230 e. The third-order valence-corrected chi connectivity index (χ3v) is 3.77. The molecule has 22 heavy (non-hydrogen) atoms. The highest BCUT2D eigenvalue weighted by Gasteiger charge is 2.27. The van der Waals surface area contributed by atoms with Crippen molar-refractivity contribution in [3.63, 3.8) is 0 Å². The van der Waals surface area contributed by atoms with Crippen molar-refractivity contribution in [1.29, 1.82) is 0 Å². The Balaban J connectivity index is 1.65. The van der Waals surface area contributed by atoms with Gasteiger partial charge in [0.25, 0.3) is 0 Å². The van der Waals surface area contributed by atoms with E-state index in [0.717, 1.165) is 25.1 Å². The van der Waals surface area contributed by atoms with Gasteiger partial charge in [-0.25, -0.2) is 15.0 Å². The molecule has 6 heteroatoms. The third-order valence-electron chi connectivity index (χ3n) is 3.77. The molecule has 2 aromatic rings. The highest BCUT2D eigenvalue weighted by molar-refractivity contribution is 5.92. The zero-order valence-electron chi connectivity index (χ0n) is 12.6. The minimum atomic E-state index is -0.0696. The molecule has 6 nitrogen and oxygen atoms in total. The maximum Gasteiger partial charge on any atom is 0.230 e. The van der Waals surface area contributed by atoms with Crippen molar-refractivity contribution >= 4 is 17.7 Å². The van der Waals surface area contributed by atoms with E-state index in [2.05, 4.69) is 25.2 Å². The van der Waals surface area contributed by atoms with Crippen molar-refractivity contribution in [2.24, 2.45) is 5.92 Å². The van der Waals surface area contributed by atoms with Gasteiger partial charge in [-0.3, -0.25) is 4.79 Å². The Morgan fingerprint density at radius 2 is 2.09 bits per heavy atom. The van der Waals surface area contributed by atoms with Crippen molar-refractivity contribution < 1.29 is 4.79 Å². The van der Waals surface area contributed by atoms with Crippen LogP contribution in [0.3, 0.4) is 0 Å². The Bertz CT molecular complexity index is 646. The highest BCUT2D eigenvalue weighted by Crippen LogP contribution is 2.21. The minimum absolute atomic E-state index is 0.0127. The lowest BCUT2D eigenvalue weighted by Gasteiger charge is -2.31. The number of amides is 1. The fourth-order valence-electron chi connectivity index (χ4n) is 2.67. The van der Waals surface area contributed by atoms with Gasteiger partial charge in [-0.05, 0) is 38.0 Å². The molecule has 0 radical (unpaired) electrons. The maximum atomic E-state index is 12.4. The summed E-state index contributed by atoms with van der Waals surface area (Å²) in [7, 11) is 0. The largest absolute Gasteiger partial charge is 0.340 e. The number of pyridine rings is 1. The van der Waals surface area contributed by atoms with Crippen molar-refractivity contribution in [3.8, 4) is 0 Å². The molecule has 114 valence electrons. The molecule has 1 aliphatic rings. The fraction of sp³-hybridized carbons (Fsp3) is 0.375. The van der Waals surface area contributed by atoms with Gasteiger partial charge in [0.2, 0.25) is 11.9 Å². The van der Waals surface area contributed by atoms with Crippen molar-refractivity contribution in [2.45, 2.75) is 19.8 Å². The summed E-state index contributed by atoms with van der Waals surface area (Å²) < 4.78 is 0. The molecule has 0 spiro atoms. The van der Waals surface area contributed by atoms with Crippen LogP contribution in [0.2, 0.25) is 0 Å². The first-order valence-electron chi connectivity index (χ1n) is 7.49. The average molecular weight is 297 g/mol. The summed E-state index contributed by atoms with van der Waals surface area (Å²) in [5.74, 6) is 1.24. The van der Waals surface area contributed by atoms with Gasteiger partial charge >= 0.3 is 0 Å². The van der Waals surface area contributed by atoms with Gasteiger partial charge in [0.15, 0.2) is 0 Å². The molecule has 1 fully saturated rings. The maximum absolute atomic E-state index is 12.4. The van der Waals surface area contributed by atoms with Crippen LogP contribution in [0.4, 0.5) is 11.8 Å². The molecule has 0 unspecified atom stereocenters. The van der Waals surface area contributed by atoms with Crippen LogP contribution in [0.15, 0.2) is 36.7 Å². The van der Waals surface area contributed by atoms with E-state index < -0.39 is 0 Å². The summed E-state index contributed by atoms with van der Waals surface area (Å²) >= 11 is 0. The van der Waals surface area contributed by atoms with E-state index in [9.17, 15) is 4.79 Å². The number of piperidine rings is 1. The Morgan fingerprint density at radius 3 is 2.86 bits per heavy atom. The van der Waals surface area contributed by atoms with Crippen LogP contribution in [0.25, 0.3) is 0 Å². The third kappa shape index (κ3) is 3.39. The number of anilines is 2. The first kappa shape index (κ1) is 14.4. The van der Waals surface area contributed by atoms with E-state index in [1.165, 1.54) is 0 Å². The SMILES string of the molecule is Cc1cccc(NC(=O)[C@@H]2CCCN(c3ncccn3)C2)n1. The van der Waals surface area contributed by atoms with Crippen molar-refractivity contribution in [2.75, 3.05) is 23.3 Å². The summed E-state index contributed by atoms with van der Waals surface area (Å²) in [4.78, 5) is 27.3. The number of rotatable bonds is 3. The first-order valence-corrected chi connectivity index (χ1v) is 7.49. The van der Waals surface area contributed by atoms with Crippen LogP contribution in [-0.2, 0) is 4.79 Å². The number of carbonyl (C=O) groups excluding carboxylic acids is 1. The summed E-state index contributed by atoms with van der Waals surface area (Å²) in [5, 5.41) is 2.91. The molecule has 0 saturated carbocycles. The number of nitrogens with zero attached hydrogens (tertiary/aromatic N) is 4. The van der Waals surface area contributed by atoms with Crippen LogP contribution in [0.5, 0.6) is 0 Å². The Hall–Kier alpha value is -2.50. The first-order chi connectivity index (χ1) is 10.7. The molecule has 0 aromatic carbocycles. The molecule has 2 aromatic heterocycles. The van der Waals surface area contributed by atoms with E-state index in [0.29, 0.717) is 18.3 Å². The second kappa shape index (κ2) is 6.51. The topological polar surface area (TPSA) is 71.0 Å². The van der Waals surface area contributed by atoms with Gasteiger partial charge in [0.1, 0.15) is 5.82 Å². The Labute approximate surface area is 129 Å². The standard InChI is InChI=1S/C16H19N5O/c1-12-5-2-7-14(19-12)20-15(22)13-6-3-10-21(11-13)16-17-8-4-9-18-16/h2,4-5,7-9,13H,3,6,10-11H2,1H3,(H,19,20,22)/t13-/m1/s1. The number of nitrogens with one attached hydrogen (secondary N) is 1. The van der Waals surface area contributed by atoms with Gasteiger partial charge in [-0.15, -0.1) is 0 Å². The number of aromatic nitrogens is 3. The van der Waals surface area contributed by atoms with Gasteiger partial charge in [-0.1, -0.05) is 6.07 Å². The van der Waals surface area contributed by atoms with Gasteiger partial charge in [0.05, 0.1) is 5.92 Å². The summed E-state index contributed by atoms with van der Waals surface area (Å²) in [6.07, 6.45) is 5.28. The van der Waals surface area contributed by atoms with E-state index in [1.807, 2.05) is 25.1 Å². The molecule has 3 heterocycles. The zero-order chi connectivity index (χ0) is 15.4. The number of hydrogen-bond donors (Lipinski definition) is 1. The van der Waals surface area contributed by atoms with E-state index >= 15 is 0 Å². The predicted octanol–water partition coefficient (Wildman–Crippen LogP) is 2.04. The number of hydrogen-bond acceptors (Lipinski definition) is 5. The number of aryl methyl sites for hydroxylation is 1. The summed E-state index contributed by atoms with van der Waals surface area (Å²) in [6.45, 7) is 3.43. The van der Waals surface area contributed by atoms with E-state index in [-0.39, 0.29) is 11.8 Å². The lowest BCUT2D eigenvalue weighted by molar-refractivity contribution is -0.120. The second-order valence-corrected chi connectivity index (χ2v) is 5.49. The quantitative estimate of drug-likeness (QED) is 0.938. The van der Waals surface area contributed by atoms with Crippen LogP contribution in [0.1, 0.15) is 18.5 Å². The Morgan fingerprint density at radius 1 is 1.27 bits per heavy atom. The molecule has 1 atom stereocenters. The lowest BCUT2D eigenvalue weighted by Crippen LogP contribution is -2.41. The minimum Gasteiger partial charge on any atom is -0.340 e. The monoisotopic (exact) mass is 297 g/mol. The van der Waals surface area contributed by atoms with Crippen LogP contribution in [-0.4, -0.2) is 33.9 Å². The molecule has 1 N–H and O–H groups in total. The van der Waals surface area contributed by atoms with Crippen LogP contribution < -0.4 is 10.2 Å². The second-order valence-electron chi connectivity index (χ2n) is 5.49. The molecule has 3 rings (SSSR count).